The zero-order valence-electron chi connectivity index (χ0n) is 12.3. The first-order valence-corrected chi connectivity index (χ1v) is 7.77. The normalized spacial score (nSPS) is 29.3. The molecular weight excluding hydrogens is 266 g/mol. The van der Waals surface area contributed by atoms with E-state index in [4.69, 9.17) is 4.42 Å². The molecule has 0 radical (unpaired) electrons. The van der Waals surface area contributed by atoms with Crippen LogP contribution in [0.2, 0.25) is 0 Å². The van der Waals surface area contributed by atoms with Crippen molar-refractivity contribution in [2.75, 3.05) is 26.2 Å². The maximum Gasteiger partial charge on any atom is 0.419 e. The molecule has 112 valence electrons. The van der Waals surface area contributed by atoms with Gasteiger partial charge in [-0.25, -0.2) is 4.79 Å². The second-order valence-corrected chi connectivity index (χ2v) is 6.31. The summed E-state index contributed by atoms with van der Waals surface area (Å²) in [5, 5.41) is 3.48. The molecule has 2 aromatic rings. The number of aromatic nitrogens is 1. The summed E-state index contributed by atoms with van der Waals surface area (Å²) in [6, 6.07) is 8.24. The molecule has 1 aromatic carbocycles. The third-order valence-electron chi connectivity index (χ3n) is 5.24. The third-order valence-corrected chi connectivity index (χ3v) is 5.24. The first kappa shape index (κ1) is 13.1. The van der Waals surface area contributed by atoms with E-state index in [9.17, 15) is 4.79 Å². The van der Waals surface area contributed by atoms with Crippen molar-refractivity contribution >= 4 is 11.1 Å². The fraction of sp³-hybridized carbons (Fsp3) is 0.562. The number of fused-ring (bicyclic) bond motifs is 2. The number of nitrogens with zero attached hydrogens (tertiary/aromatic N) is 2. The molecule has 1 N–H and O–H groups in total. The van der Waals surface area contributed by atoms with Gasteiger partial charge in [0.05, 0.1) is 5.52 Å². The van der Waals surface area contributed by atoms with Crippen LogP contribution in [0, 0.1) is 11.8 Å². The van der Waals surface area contributed by atoms with E-state index in [2.05, 4.69) is 17.1 Å². The summed E-state index contributed by atoms with van der Waals surface area (Å²) in [5.74, 6) is 1.30. The lowest BCUT2D eigenvalue weighted by atomic mass is 9.95. The summed E-state index contributed by atoms with van der Waals surface area (Å²) >= 11 is 0. The highest BCUT2D eigenvalue weighted by Gasteiger charge is 2.41. The maximum atomic E-state index is 12.0. The number of para-hydroxylation sites is 2. The molecule has 21 heavy (non-hydrogen) atoms. The summed E-state index contributed by atoms with van der Waals surface area (Å²) in [4.78, 5) is 14.5. The van der Waals surface area contributed by atoms with Crippen LogP contribution in [-0.4, -0.2) is 41.7 Å². The number of rotatable bonds is 3. The Morgan fingerprint density at radius 2 is 2.14 bits per heavy atom. The molecule has 0 saturated carbocycles. The van der Waals surface area contributed by atoms with E-state index in [-0.39, 0.29) is 5.76 Å². The van der Waals surface area contributed by atoms with E-state index < -0.39 is 0 Å². The summed E-state index contributed by atoms with van der Waals surface area (Å²) in [6.45, 7) is 7.35. The van der Waals surface area contributed by atoms with Gasteiger partial charge in [-0.3, -0.25) is 9.47 Å². The highest BCUT2D eigenvalue weighted by Crippen LogP contribution is 2.32. The fourth-order valence-electron chi connectivity index (χ4n) is 4.01. The van der Waals surface area contributed by atoms with Crippen molar-refractivity contribution in [1.82, 2.24) is 14.8 Å². The van der Waals surface area contributed by atoms with Crippen molar-refractivity contribution in [2.45, 2.75) is 19.5 Å². The van der Waals surface area contributed by atoms with Crippen molar-refractivity contribution < 1.29 is 4.42 Å². The van der Waals surface area contributed by atoms with E-state index in [1.807, 2.05) is 24.3 Å². The molecule has 0 aliphatic carbocycles. The zero-order valence-corrected chi connectivity index (χ0v) is 12.3. The van der Waals surface area contributed by atoms with Gasteiger partial charge in [-0.1, -0.05) is 12.1 Å². The van der Waals surface area contributed by atoms with Gasteiger partial charge < -0.3 is 9.73 Å². The molecule has 3 unspecified atom stereocenters. The average molecular weight is 287 g/mol. The smallest absolute Gasteiger partial charge is 0.408 e. The Morgan fingerprint density at radius 3 is 3.00 bits per heavy atom. The number of nitrogens with one attached hydrogen (secondary N) is 1. The largest absolute Gasteiger partial charge is 0.419 e. The molecule has 4 rings (SSSR count). The van der Waals surface area contributed by atoms with E-state index in [1.54, 1.807) is 4.57 Å². The van der Waals surface area contributed by atoms with Crippen LogP contribution in [0.1, 0.15) is 6.92 Å². The Hall–Kier alpha value is -1.59. The highest BCUT2D eigenvalue weighted by molar-refractivity contribution is 5.72. The number of hydrogen-bond donors (Lipinski definition) is 1. The molecule has 2 aliphatic heterocycles. The van der Waals surface area contributed by atoms with Crippen LogP contribution in [0.4, 0.5) is 0 Å². The van der Waals surface area contributed by atoms with Gasteiger partial charge in [0.15, 0.2) is 5.58 Å². The van der Waals surface area contributed by atoms with Crippen LogP contribution in [0.5, 0.6) is 0 Å². The van der Waals surface area contributed by atoms with Crippen LogP contribution in [-0.2, 0) is 6.54 Å². The van der Waals surface area contributed by atoms with Crippen LogP contribution in [0.25, 0.3) is 11.1 Å². The summed E-state index contributed by atoms with van der Waals surface area (Å²) < 4.78 is 7.05. The molecule has 3 atom stereocenters. The summed E-state index contributed by atoms with van der Waals surface area (Å²) in [6.07, 6.45) is 0. The summed E-state index contributed by atoms with van der Waals surface area (Å²) in [5.41, 5.74) is 1.58. The predicted molar refractivity (Wildman–Crippen MR) is 81.4 cm³/mol. The first-order valence-electron chi connectivity index (χ1n) is 7.77. The van der Waals surface area contributed by atoms with Crippen LogP contribution in [0.3, 0.4) is 0 Å². The average Bonchev–Trinajstić information content (AvgIpc) is 3.13. The van der Waals surface area contributed by atoms with Gasteiger partial charge in [0.25, 0.3) is 0 Å². The highest BCUT2D eigenvalue weighted by atomic mass is 16.4. The zero-order chi connectivity index (χ0) is 14.4. The Morgan fingerprint density at radius 1 is 1.29 bits per heavy atom. The molecule has 3 heterocycles. The molecule has 0 amide bonds. The maximum absolute atomic E-state index is 12.0. The van der Waals surface area contributed by atoms with Gasteiger partial charge in [-0.15, -0.1) is 0 Å². The molecule has 1 aromatic heterocycles. The van der Waals surface area contributed by atoms with Crippen LogP contribution >= 0.6 is 0 Å². The van der Waals surface area contributed by atoms with E-state index in [1.165, 1.54) is 0 Å². The lowest BCUT2D eigenvalue weighted by molar-refractivity contribution is 0.229. The molecule has 0 spiro atoms. The molecule has 2 saturated heterocycles. The van der Waals surface area contributed by atoms with Crippen molar-refractivity contribution in [2.24, 2.45) is 11.8 Å². The van der Waals surface area contributed by atoms with E-state index in [0.717, 1.165) is 43.5 Å². The quantitative estimate of drug-likeness (QED) is 0.919. The summed E-state index contributed by atoms with van der Waals surface area (Å²) in [7, 11) is 0. The molecule has 5 heteroatoms. The van der Waals surface area contributed by atoms with Crippen molar-refractivity contribution in [3.8, 4) is 0 Å². The lowest BCUT2D eigenvalue weighted by Crippen LogP contribution is -2.36. The van der Waals surface area contributed by atoms with Gasteiger partial charge >= 0.3 is 5.76 Å². The molecule has 2 aliphatic rings. The Balaban J connectivity index is 1.51. The monoisotopic (exact) mass is 287 g/mol. The van der Waals surface area contributed by atoms with Crippen molar-refractivity contribution in [3.05, 3.63) is 34.8 Å². The number of likely N-dealkylation sites (tertiary alicyclic amines) is 1. The van der Waals surface area contributed by atoms with Gasteiger partial charge in [0.1, 0.15) is 0 Å². The SMILES string of the molecule is CC1C2CNCC2CN1CCn1c(=O)oc2ccccc21. The van der Waals surface area contributed by atoms with Crippen molar-refractivity contribution in [3.63, 3.8) is 0 Å². The third kappa shape index (κ3) is 2.12. The Bertz CT molecular complexity index is 705. The topological polar surface area (TPSA) is 50.4 Å². The van der Waals surface area contributed by atoms with Gasteiger partial charge in [-0.05, 0) is 44.0 Å². The van der Waals surface area contributed by atoms with E-state index in [0.29, 0.717) is 18.2 Å². The second kappa shape index (κ2) is 5.00. The molecule has 5 nitrogen and oxygen atoms in total. The molecule has 0 bridgehead atoms. The van der Waals surface area contributed by atoms with Gasteiger partial charge in [0, 0.05) is 25.7 Å². The predicted octanol–water partition coefficient (Wildman–Crippen LogP) is 1.13. The van der Waals surface area contributed by atoms with Crippen LogP contribution < -0.4 is 11.1 Å². The van der Waals surface area contributed by atoms with Crippen LogP contribution in [0.15, 0.2) is 33.5 Å². The van der Waals surface area contributed by atoms with E-state index >= 15 is 0 Å². The Kier molecular flexibility index (Phi) is 3.12. The van der Waals surface area contributed by atoms with Crippen molar-refractivity contribution in [1.29, 1.82) is 0 Å². The number of benzene rings is 1. The number of oxazole rings is 1. The number of hydrogen-bond acceptors (Lipinski definition) is 4. The lowest BCUT2D eigenvalue weighted by Gasteiger charge is -2.24. The minimum Gasteiger partial charge on any atom is -0.408 e. The molecule has 2 fully saturated rings. The Labute approximate surface area is 123 Å². The molecular formula is C16H21N3O2. The standard InChI is InChI=1S/C16H21N3O2/c1-11-13-9-17-8-12(13)10-18(11)6-7-19-14-4-2-3-5-15(14)21-16(19)20/h2-5,11-13,17H,6-10H2,1H3. The fourth-order valence-corrected chi connectivity index (χ4v) is 4.01. The van der Waals surface area contributed by atoms with Gasteiger partial charge in [0.2, 0.25) is 0 Å². The van der Waals surface area contributed by atoms with Gasteiger partial charge in [-0.2, -0.15) is 0 Å². The second-order valence-electron chi connectivity index (χ2n) is 6.31. The first-order chi connectivity index (χ1) is 10.2. The minimum absolute atomic E-state index is 0.245. The minimum atomic E-state index is -0.245.